The van der Waals surface area contributed by atoms with E-state index in [2.05, 4.69) is 5.43 Å². The first-order valence-corrected chi connectivity index (χ1v) is 7.83. The van der Waals surface area contributed by atoms with Gasteiger partial charge in [0.2, 0.25) is 0 Å². The molecular formula is C12H16F2N2O2S. The Kier molecular flexibility index (Phi) is 4.17. The van der Waals surface area contributed by atoms with Crippen LogP contribution in [-0.4, -0.2) is 26.0 Å². The third-order valence-electron chi connectivity index (χ3n) is 3.43. The summed E-state index contributed by atoms with van der Waals surface area (Å²) in [7, 11) is -3.00. The van der Waals surface area contributed by atoms with Gasteiger partial charge in [-0.05, 0) is 36.5 Å². The number of halogens is 2. The fraction of sp³-hybridized carbons (Fsp3) is 0.500. The normalized spacial score (nSPS) is 23.4. The summed E-state index contributed by atoms with van der Waals surface area (Å²) < 4.78 is 49.1. The molecular weight excluding hydrogens is 274 g/mol. The lowest BCUT2D eigenvalue weighted by Crippen LogP contribution is -2.43. The summed E-state index contributed by atoms with van der Waals surface area (Å²) in [5, 5.41) is 0. The number of hydrogen-bond acceptors (Lipinski definition) is 4. The van der Waals surface area contributed by atoms with Gasteiger partial charge in [-0.15, -0.1) is 0 Å². The molecule has 1 fully saturated rings. The van der Waals surface area contributed by atoms with Crippen molar-refractivity contribution in [1.82, 2.24) is 5.43 Å². The molecule has 3 N–H and O–H groups in total. The van der Waals surface area contributed by atoms with Crippen LogP contribution in [0.3, 0.4) is 0 Å². The Morgan fingerprint density at radius 3 is 2.42 bits per heavy atom. The number of sulfone groups is 1. The number of rotatable bonds is 4. The van der Waals surface area contributed by atoms with Crippen molar-refractivity contribution < 1.29 is 17.2 Å². The Hall–Kier alpha value is -1.05. The number of nitrogens with one attached hydrogen (secondary N) is 1. The number of hydrazine groups is 1. The molecule has 1 aliphatic rings. The van der Waals surface area contributed by atoms with Crippen LogP contribution in [0.1, 0.15) is 12.0 Å². The Morgan fingerprint density at radius 2 is 1.95 bits per heavy atom. The molecule has 1 aromatic rings. The van der Waals surface area contributed by atoms with Gasteiger partial charge in [0, 0.05) is 12.1 Å². The molecule has 1 aliphatic heterocycles. The summed E-state index contributed by atoms with van der Waals surface area (Å²) in [6.07, 6.45) is 0.820. The second-order valence-corrected chi connectivity index (χ2v) is 7.15. The van der Waals surface area contributed by atoms with Gasteiger partial charge in [-0.25, -0.2) is 17.2 Å². The maximum absolute atomic E-state index is 13.1. The van der Waals surface area contributed by atoms with Crippen LogP contribution in [-0.2, 0) is 16.3 Å². The van der Waals surface area contributed by atoms with Crippen molar-refractivity contribution in [3.05, 3.63) is 35.4 Å². The van der Waals surface area contributed by atoms with E-state index in [0.29, 0.717) is 18.4 Å². The monoisotopic (exact) mass is 290 g/mol. The Morgan fingerprint density at radius 1 is 1.32 bits per heavy atom. The van der Waals surface area contributed by atoms with Gasteiger partial charge in [0.05, 0.1) is 11.5 Å². The molecule has 0 saturated carbocycles. The van der Waals surface area contributed by atoms with Crippen molar-refractivity contribution in [2.45, 2.75) is 18.9 Å². The predicted octanol–water partition coefficient (Wildman–Crippen LogP) is 0.774. The van der Waals surface area contributed by atoms with E-state index >= 15 is 0 Å². The molecule has 2 rings (SSSR count). The van der Waals surface area contributed by atoms with E-state index in [0.717, 1.165) is 6.07 Å². The maximum atomic E-state index is 13.1. The molecule has 0 aliphatic carbocycles. The van der Waals surface area contributed by atoms with Crippen molar-refractivity contribution in [1.29, 1.82) is 0 Å². The molecule has 0 spiro atoms. The van der Waals surface area contributed by atoms with E-state index in [1.807, 2.05) is 0 Å². The summed E-state index contributed by atoms with van der Waals surface area (Å²) in [6.45, 7) is 0. The Balaban J connectivity index is 2.11. The average Bonchev–Trinajstić information content (AvgIpc) is 2.65. The molecule has 0 aromatic heterocycles. The van der Waals surface area contributed by atoms with Crippen molar-refractivity contribution in [2.75, 3.05) is 11.5 Å². The minimum absolute atomic E-state index is 0.0691. The van der Waals surface area contributed by atoms with Crippen molar-refractivity contribution in [2.24, 2.45) is 11.8 Å². The molecule has 0 amide bonds. The van der Waals surface area contributed by atoms with Gasteiger partial charge in [0.25, 0.3) is 0 Å². The minimum Gasteiger partial charge on any atom is -0.271 e. The van der Waals surface area contributed by atoms with E-state index in [9.17, 15) is 17.2 Å². The first-order valence-electron chi connectivity index (χ1n) is 6.01. The summed E-state index contributed by atoms with van der Waals surface area (Å²) in [6, 6.07) is 2.96. The zero-order valence-corrected chi connectivity index (χ0v) is 11.1. The van der Waals surface area contributed by atoms with Gasteiger partial charge in [0.1, 0.15) is 11.6 Å². The molecule has 106 valence electrons. The van der Waals surface area contributed by atoms with E-state index in [1.54, 1.807) is 0 Å². The predicted molar refractivity (Wildman–Crippen MR) is 67.9 cm³/mol. The second kappa shape index (κ2) is 5.52. The molecule has 1 saturated heterocycles. The molecule has 0 radical (unpaired) electrons. The largest absolute Gasteiger partial charge is 0.271 e. The molecule has 4 nitrogen and oxygen atoms in total. The fourth-order valence-electron chi connectivity index (χ4n) is 2.49. The highest BCUT2D eigenvalue weighted by Gasteiger charge is 2.33. The van der Waals surface area contributed by atoms with E-state index in [1.165, 1.54) is 12.1 Å². The quantitative estimate of drug-likeness (QED) is 0.635. The standard InChI is InChI=1S/C12H16F2N2O2S/c13-10-3-8(4-11(14)6-10)5-12(16-15)9-1-2-19(17,18)7-9/h3-4,6,9,12,16H,1-2,5,7,15H2. The smallest absolute Gasteiger partial charge is 0.150 e. The van der Waals surface area contributed by atoms with Crippen LogP contribution < -0.4 is 11.3 Å². The van der Waals surface area contributed by atoms with Crippen LogP contribution in [0.15, 0.2) is 18.2 Å². The third kappa shape index (κ3) is 3.71. The van der Waals surface area contributed by atoms with Gasteiger partial charge in [-0.3, -0.25) is 11.3 Å². The minimum atomic E-state index is -3.00. The molecule has 19 heavy (non-hydrogen) atoms. The first-order chi connectivity index (χ1) is 8.89. The van der Waals surface area contributed by atoms with Gasteiger partial charge in [-0.1, -0.05) is 0 Å². The average molecular weight is 290 g/mol. The topological polar surface area (TPSA) is 72.2 Å². The number of nitrogens with two attached hydrogens (primary N) is 1. The van der Waals surface area contributed by atoms with Crippen LogP contribution >= 0.6 is 0 Å². The summed E-state index contributed by atoms with van der Waals surface area (Å²) in [5.41, 5.74) is 3.02. The SMILES string of the molecule is NNC(Cc1cc(F)cc(F)c1)C1CCS(=O)(=O)C1. The molecule has 0 bridgehead atoms. The van der Waals surface area contributed by atoms with Crippen molar-refractivity contribution >= 4 is 9.84 Å². The van der Waals surface area contributed by atoms with Gasteiger partial charge < -0.3 is 0 Å². The number of benzene rings is 1. The molecule has 1 aromatic carbocycles. The lowest BCUT2D eigenvalue weighted by molar-refractivity contribution is 0.384. The van der Waals surface area contributed by atoms with Gasteiger partial charge >= 0.3 is 0 Å². The van der Waals surface area contributed by atoms with Crippen LogP contribution in [0.2, 0.25) is 0 Å². The Bertz CT molecular complexity index is 543. The molecule has 2 atom stereocenters. The zero-order valence-electron chi connectivity index (χ0n) is 10.3. The highest BCUT2D eigenvalue weighted by atomic mass is 32.2. The van der Waals surface area contributed by atoms with E-state index < -0.39 is 21.5 Å². The summed E-state index contributed by atoms with van der Waals surface area (Å²) >= 11 is 0. The lowest BCUT2D eigenvalue weighted by atomic mass is 9.93. The summed E-state index contributed by atoms with van der Waals surface area (Å²) in [5.74, 6) is 4.23. The highest BCUT2D eigenvalue weighted by Crippen LogP contribution is 2.24. The van der Waals surface area contributed by atoms with Gasteiger partial charge in [-0.2, -0.15) is 0 Å². The fourth-order valence-corrected chi connectivity index (χ4v) is 4.37. The summed E-state index contributed by atoms with van der Waals surface area (Å²) in [4.78, 5) is 0. The van der Waals surface area contributed by atoms with Crippen LogP contribution in [0.25, 0.3) is 0 Å². The lowest BCUT2D eigenvalue weighted by Gasteiger charge is -2.21. The van der Waals surface area contributed by atoms with Crippen molar-refractivity contribution in [3.8, 4) is 0 Å². The first kappa shape index (κ1) is 14.4. The second-order valence-electron chi connectivity index (χ2n) is 4.92. The molecule has 7 heteroatoms. The molecule has 2 unspecified atom stereocenters. The molecule has 1 heterocycles. The third-order valence-corrected chi connectivity index (χ3v) is 5.22. The maximum Gasteiger partial charge on any atom is 0.150 e. The van der Waals surface area contributed by atoms with E-state index in [-0.39, 0.29) is 23.5 Å². The van der Waals surface area contributed by atoms with Crippen molar-refractivity contribution in [3.63, 3.8) is 0 Å². The van der Waals surface area contributed by atoms with Gasteiger partial charge in [0.15, 0.2) is 9.84 Å². The van der Waals surface area contributed by atoms with Crippen LogP contribution in [0.4, 0.5) is 8.78 Å². The van der Waals surface area contributed by atoms with E-state index in [4.69, 9.17) is 5.84 Å². The number of hydrogen-bond donors (Lipinski definition) is 2. The van der Waals surface area contributed by atoms with Crippen LogP contribution in [0.5, 0.6) is 0 Å². The highest BCUT2D eigenvalue weighted by molar-refractivity contribution is 7.91. The Labute approximate surface area is 110 Å². The zero-order chi connectivity index (χ0) is 14.0. The van der Waals surface area contributed by atoms with Crippen LogP contribution in [0, 0.1) is 17.6 Å².